The van der Waals surface area contributed by atoms with E-state index in [1.165, 1.54) is 20.1 Å². The number of oxime groups is 1. The average molecular weight is 291 g/mol. The largest absolute Gasteiger partial charge is 0.507 e. The van der Waals surface area contributed by atoms with E-state index in [4.69, 9.17) is 4.74 Å². The first-order valence-electron chi connectivity index (χ1n) is 6.55. The van der Waals surface area contributed by atoms with Crippen LogP contribution < -0.4 is 0 Å². The van der Waals surface area contributed by atoms with Crippen molar-refractivity contribution in [1.82, 2.24) is 0 Å². The van der Waals surface area contributed by atoms with Gasteiger partial charge in [0, 0.05) is 12.5 Å². The van der Waals surface area contributed by atoms with E-state index in [0.29, 0.717) is 24.1 Å². The molecule has 2 rings (SSSR count). The third-order valence-corrected chi connectivity index (χ3v) is 3.58. The van der Waals surface area contributed by atoms with Gasteiger partial charge in [-0.25, -0.2) is 4.79 Å². The van der Waals surface area contributed by atoms with Gasteiger partial charge in [-0.05, 0) is 37.5 Å². The van der Waals surface area contributed by atoms with Crippen molar-refractivity contribution in [2.24, 2.45) is 5.16 Å². The Morgan fingerprint density at radius 1 is 1.29 bits per heavy atom. The predicted octanol–water partition coefficient (Wildman–Crippen LogP) is 1.88. The molecule has 0 radical (unpaired) electrons. The maximum absolute atomic E-state index is 11.9. The average Bonchev–Trinajstić information content (AvgIpc) is 3.26. The molecule has 1 aromatic carbocycles. The van der Waals surface area contributed by atoms with Crippen LogP contribution in [0, 0.1) is 0 Å². The molecular weight excluding hydrogens is 274 g/mol. The maximum atomic E-state index is 11.9. The second kappa shape index (κ2) is 5.55. The summed E-state index contributed by atoms with van der Waals surface area (Å²) in [5.41, 5.74) is 0.910. The summed E-state index contributed by atoms with van der Waals surface area (Å²) in [5.74, 6) is -0.820. The van der Waals surface area contributed by atoms with Gasteiger partial charge >= 0.3 is 11.9 Å². The molecule has 1 aliphatic rings. The minimum atomic E-state index is -0.626. The van der Waals surface area contributed by atoms with E-state index in [2.05, 4.69) is 9.99 Å². The summed E-state index contributed by atoms with van der Waals surface area (Å²) >= 11 is 0. The first kappa shape index (κ1) is 15.0. The highest BCUT2D eigenvalue weighted by atomic mass is 16.7. The summed E-state index contributed by atoms with van der Waals surface area (Å²) in [6, 6.07) is 4.88. The predicted molar refractivity (Wildman–Crippen MR) is 75.0 cm³/mol. The number of benzene rings is 1. The normalized spacial score (nSPS) is 16.2. The number of rotatable bonds is 4. The van der Waals surface area contributed by atoms with Gasteiger partial charge in [0.2, 0.25) is 0 Å². The fourth-order valence-electron chi connectivity index (χ4n) is 2.24. The Labute approximate surface area is 122 Å². The molecule has 0 heterocycles. The lowest BCUT2D eigenvalue weighted by Gasteiger charge is -2.15. The molecule has 1 aromatic rings. The molecule has 0 saturated heterocycles. The van der Waals surface area contributed by atoms with Crippen LogP contribution >= 0.6 is 0 Å². The van der Waals surface area contributed by atoms with E-state index >= 15 is 0 Å². The summed E-state index contributed by atoms with van der Waals surface area (Å²) in [4.78, 5) is 27.2. The summed E-state index contributed by atoms with van der Waals surface area (Å²) < 4.78 is 4.84. The molecule has 0 unspecified atom stereocenters. The van der Waals surface area contributed by atoms with Gasteiger partial charge in [-0.2, -0.15) is 0 Å². The number of hydrogen-bond acceptors (Lipinski definition) is 6. The Morgan fingerprint density at radius 2 is 1.95 bits per heavy atom. The number of phenolic OH excluding ortho intramolecular Hbond substituents is 1. The first-order chi connectivity index (χ1) is 9.90. The maximum Gasteiger partial charge on any atom is 0.331 e. The molecule has 0 spiro atoms. The second-order valence-corrected chi connectivity index (χ2v) is 5.07. The molecule has 1 N–H and O–H groups in total. The second-order valence-electron chi connectivity index (χ2n) is 5.07. The van der Waals surface area contributed by atoms with Gasteiger partial charge in [0.15, 0.2) is 0 Å². The highest BCUT2D eigenvalue weighted by Crippen LogP contribution is 2.49. The van der Waals surface area contributed by atoms with Crippen LogP contribution in [0.1, 0.15) is 37.8 Å². The number of carbonyl (C=O) groups excluding carboxylic acids is 2. The standard InChI is InChI=1S/C15H17NO5/c1-9(16-21-10(2)17)12-8-11(4-5-13(12)18)15(6-7-15)14(19)20-3/h4-5,8,18H,6-7H2,1-3H3/b16-9-. The van der Waals surface area contributed by atoms with Crippen LogP contribution in [0.4, 0.5) is 0 Å². The van der Waals surface area contributed by atoms with Gasteiger partial charge in [-0.3, -0.25) is 4.79 Å². The minimum absolute atomic E-state index is 0.00724. The van der Waals surface area contributed by atoms with Gasteiger partial charge in [-0.1, -0.05) is 11.2 Å². The summed E-state index contributed by atoms with van der Waals surface area (Å²) in [5, 5.41) is 13.6. The van der Waals surface area contributed by atoms with E-state index in [1.54, 1.807) is 19.1 Å². The molecule has 112 valence electrons. The summed E-state index contributed by atoms with van der Waals surface area (Å²) in [6.07, 6.45) is 1.42. The molecular formula is C15H17NO5. The van der Waals surface area contributed by atoms with Crippen LogP contribution in [0.2, 0.25) is 0 Å². The Hall–Kier alpha value is -2.37. The van der Waals surface area contributed by atoms with Gasteiger partial charge in [0.25, 0.3) is 0 Å². The minimum Gasteiger partial charge on any atom is -0.507 e. The molecule has 0 bridgehead atoms. The van der Waals surface area contributed by atoms with Crippen molar-refractivity contribution < 1.29 is 24.3 Å². The van der Waals surface area contributed by atoms with E-state index in [-0.39, 0.29) is 11.7 Å². The zero-order valence-corrected chi connectivity index (χ0v) is 12.2. The van der Waals surface area contributed by atoms with Crippen molar-refractivity contribution in [2.75, 3.05) is 7.11 Å². The summed E-state index contributed by atoms with van der Waals surface area (Å²) in [7, 11) is 1.36. The van der Waals surface area contributed by atoms with E-state index in [1.807, 2.05) is 0 Å². The smallest absolute Gasteiger partial charge is 0.331 e. The lowest BCUT2D eigenvalue weighted by Crippen LogP contribution is -2.22. The lowest BCUT2D eigenvalue weighted by molar-refractivity contribution is -0.143. The number of ether oxygens (including phenoxy) is 1. The Morgan fingerprint density at radius 3 is 2.48 bits per heavy atom. The molecule has 0 aromatic heterocycles. The molecule has 0 atom stereocenters. The topological polar surface area (TPSA) is 85.2 Å². The SMILES string of the molecule is COC(=O)C1(c2ccc(O)c(/C(C)=N\OC(C)=O)c2)CC1. The van der Waals surface area contributed by atoms with Crippen molar-refractivity contribution >= 4 is 17.7 Å². The van der Waals surface area contributed by atoms with Crippen molar-refractivity contribution in [2.45, 2.75) is 32.1 Å². The zero-order chi connectivity index (χ0) is 15.6. The van der Waals surface area contributed by atoms with Crippen LogP contribution in [0.5, 0.6) is 5.75 Å². The van der Waals surface area contributed by atoms with Crippen molar-refractivity contribution in [3.8, 4) is 5.75 Å². The van der Waals surface area contributed by atoms with Gasteiger partial charge in [0.1, 0.15) is 5.75 Å². The van der Waals surface area contributed by atoms with E-state index < -0.39 is 11.4 Å². The quantitative estimate of drug-likeness (QED) is 0.396. The Bertz CT molecular complexity index is 616. The molecule has 0 aliphatic heterocycles. The molecule has 6 heteroatoms. The number of phenols is 1. The van der Waals surface area contributed by atoms with Gasteiger partial charge in [0.05, 0.1) is 18.2 Å². The molecule has 1 aliphatic carbocycles. The molecule has 0 amide bonds. The number of aromatic hydroxyl groups is 1. The van der Waals surface area contributed by atoms with Gasteiger partial charge in [-0.15, -0.1) is 0 Å². The van der Waals surface area contributed by atoms with Crippen LogP contribution in [-0.4, -0.2) is 29.9 Å². The van der Waals surface area contributed by atoms with Crippen LogP contribution in [0.3, 0.4) is 0 Å². The first-order valence-corrected chi connectivity index (χ1v) is 6.55. The summed E-state index contributed by atoms with van der Waals surface area (Å²) in [6.45, 7) is 2.85. The lowest BCUT2D eigenvalue weighted by atomic mass is 9.93. The number of methoxy groups -OCH3 is 1. The highest BCUT2D eigenvalue weighted by Gasteiger charge is 2.52. The Balaban J connectivity index is 2.36. The third-order valence-electron chi connectivity index (χ3n) is 3.58. The fourth-order valence-corrected chi connectivity index (χ4v) is 2.24. The van der Waals surface area contributed by atoms with Crippen molar-refractivity contribution in [1.29, 1.82) is 0 Å². The Kier molecular flexibility index (Phi) is 3.97. The van der Waals surface area contributed by atoms with Gasteiger partial charge < -0.3 is 14.7 Å². The monoisotopic (exact) mass is 291 g/mol. The number of hydrogen-bond donors (Lipinski definition) is 1. The van der Waals surface area contributed by atoms with Crippen molar-refractivity contribution in [3.05, 3.63) is 29.3 Å². The third kappa shape index (κ3) is 2.89. The molecule has 1 fully saturated rings. The zero-order valence-electron chi connectivity index (χ0n) is 12.2. The molecule has 6 nitrogen and oxygen atoms in total. The van der Waals surface area contributed by atoms with Crippen LogP contribution in [-0.2, 0) is 24.6 Å². The van der Waals surface area contributed by atoms with E-state index in [0.717, 1.165) is 5.56 Å². The van der Waals surface area contributed by atoms with Crippen LogP contribution in [0.15, 0.2) is 23.4 Å². The highest BCUT2D eigenvalue weighted by molar-refractivity contribution is 6.01. The van der Waals surface area contributed by atoms with Crippen LogP contribution in [0.25, 0.3) is 0 Å². The molecule has 21 heavy (non-hydrogen) atoms. The van der Waals surface area contributed by atoms with E-state index in [9.17, 15) is 14.7 Å². The number of nitrogens with zero attached hydrogens (tertiary/aromatic N) is 1. The molecule has 1 saturated carbocycles. The fraction of sp³-hybridized carbons (Fsp3) is 0.400. The number of carbonyl (C=O) groups is 2. The number of esters is 1. The van der Waals surface area contributed by atoms with Crippen molar-refractivity contribution in [3.63, 3.8) is 0 Å².